The predicted molar refractivity (Wildman–Crippen MR) is 164 cm³/mol. The summed E-state index contributed by atoms with van der Waals surface area (Å²) in [6.45, 7) is 2.94. The molecule has 4 aromatic rings. The van der Waals surface area contributed by atoms with Crippen LogP contribution in [0.1, 0.15) is 52.4 Å². The van der Waals surface area contributed by atoms with Crippen LogP contribution < -0.4 is 10.6 Å². The van der Waals surface area contributed by atoms with Crippen molar-refractivity contribution >= 4 is 40.6 Å². The monoisotopic (exact) mass is 646 g/mol. The largest absolute Gasteiger partial charge is 0.481 e. The molecule has 2 atom stereocenters. The maximum Gasteiger partial charge on any atom is 0.305 e. The second kappa shape index (κ2) is 13.9. The van der Waals surface area contributed by atoms with E-state index in [-0.39, 0.29) is 11.4 Å². The average Bonchev–Trinajstić information content (AvgIpc) is 3.66. The summed E-state index contributed by atoms with van der Waals surface area (Å²) < 4.78 is 33.1. The number of carbonyl (C=O) groups is 5. The smallest absolute Gasteiger partial charge is 0.305 e. The van der Waals surface area contributed by atoms with Crippen LogP contribution in [0, 0.1) is 17.6 Å². The van der Waals surface area contributed by atoms with Crippen molar-refractivity contribution in [1.29, 1.82) is 0 Å². The van der Waals surface area contributed by atoms with Crippen LogP contribution in [-0.2, 0) is 27.2 Å². The van der Waals surface area contributed by atoms with Crippen LogP contribution in [-0.4, -0.2) is 69.1 Å². The lowest BCUT2D eigenvalue weighted by atomic mass is 10.00. The first-order valence-electron chi connectivity index (χ1n) is 15.0. The summed E-state index contributed by atoms with van der Waals surface area (Å²) in [5, 5.41) is 14.6. The van der Waals surface area contributed by atoms with Crippen molar-refractivity contribution in [3.63, 3.8) is 0 Å². The number of halogens is 2. The minimum absolute atomic E-state index is 0.305. The first kappa shape index (κ1) is 32.9. The Morgan fingerprint density at radius 1 is 0.957 bits per heavy atom. The van der Waals surface area contributed by atoms with Crippen molar-refractivity contribution in [2.75, 3.05) is 6.54 Å². The third kappa shape index (κ3) is 7.51. The van der Waals surface area contributed by atoms with E-state index in [0.29, 0.717) is 24.5 Å². The van der Waals surface area contributed by atoms with Gasteiger partial charge in [-0.2, -0.15) is 0 Å². The van der Waals surface area contributed by atoms with Gasteiger partial charge in [0.2, 0.25) is 17.6 Å². The minimum atomic E-state index is -1.71. The Labute approximate surface area is 268 Å². The highest BCUT2D eigenvalue weighted by Gasteiger charge is 2.38. The molecule has 3 N–H and O–H groups in total. The Bertz CT molecular complexity index is 1820. The van der Waals surface area contributed by atoms with Gasteiger partial charge in [0, 0.05) is 23.7 Å². The van der Waals surface area contributed by atoms with Gasteiger partial charge in [-0.3, -0.25) is 24.0 Å². The van der Waals surface area contributed by atoms with E-state index in [0.717, 1.165) is 17.2 Å². The lowest BCUT2D eigenvalue weighted by Crippen LogP contribution is -2.57. The van der Waals surface area contributed by atoms with Crippen molar-refractivity contribution in [2.24, 2.45) is 5.92 Å². The number of hydrogen-bond acceptors (Lipinski definition) is 7. The van der Waals surface area contributed by atoms with Crippen LogP contribution in [0.2, 0.25) is 0 Å². The van der Waals surface area contributed by atoms with Crippen LogP contribution in [0.25, 0.3) is 11.1 Å². The van der Waals surface area contributed by atoms with Gasteiger partial charge in [0.15, 0.2) is 11.4 Å². The Kier molecular flexibility index (Phi) is 9.73. The molecule has 1 aliphatic rings. The standard InChI is InChI=1S/C34H32F2N4O7/c1-18(2)29(39-32(45)19-8-4-3-5-9-19)34(46)40(23-12-20-10-6-7-11-21(20)13-23)17-27(41)37-25(16-28(42)43)30(44)33-38-26-15-22(35)14-24(36)31(26)47-33/h3-11,14-15,18,23,25,29H,12-13,16-17H2,1-2H3,(H,37,41)(H,39,45)(H,42,43)/t25-,29-/m0/s1. The van der Waals surface area contributed by atoms with Crippen molar-refractivity contribution in [2.45, 2.75) is 51.2 Å². The van der Waals surface area contributed by atoms with E-state index in [9.17, 15) is 37.9 Å². The molecule has 1 aromatic heterocycles. The Balaban J connectivity index is 1.40. The zero-order valence-corrected chi connectivity index (χ0v) is 25.5. The molecular weight excluding hydrogens is 614 g/mol. The summed E-state index contributed by atoms with van der Waals surface area (Å²) >= 11 is 0. The number of rotatable bonds is 12. The fraction of sp³-hybridized carbons (Fsp3) is 0.294. The van der Waals surface area contributed by atoms with E-state index < -0.39 is 83.7 Å². The maximum atomic E-state index is 14.2. The van der Waals surface area contributed by atoms with Crippen LogP contribution in [0.5, 0.6) is 0 Å². The van der Waals surface area contributed by atoms with Gasteiger partial charge in [0.05, 0.1) is 13.0 Å². The summed E-state index contributed by atoms with van der Waals surface area (Å²) in [4.78, 5) is 70.9. The Morgan fingerprint density at radius 2 is 1.60 bits per heavy atom. The third-order valence-electron chi connectivity index (χ3n) is 7.97. The van der Waals surface area contributed by atoms with Crippen molar-refractivity contribution in [3.05, 3.63) is 101 Å². The molecule has 11 nitrogen and oxygen atoms in total. The number of fused-ring (bicyclic) bond motifs is 2. The highest BCUT2D eigenvalue weighted by atomic mass is 19.1. The zero-order chi connectivity index (χ0) is 33.8. The molecule has 1 aliphatic carbocycles. The number of carbonyl (C=O) groups excluding carboxylic acids is 4. The summed E-state index contributed by atoms with van der Waals surface area (Å²) in [5.74, 6) is -7.58. The number of carboxylic acid groups (broad SMARTS) is 1. The molecule has 3 amide bonds. The molecule has 13 heteroatoms. The SMILES string of the molecule is CC(C)[C@H](NC(=O)c1ccccc1)C(=O)N(CC(=O)N[C@@H](CC(=O)O)C(=O)c1nc2cc(F)cc(F)c2o1)C1Cc2ccccc2C1. The van der Waals surface area contributed by atoms with Gasteiger partial charge in [-0.05, 0) is 42.0 Å². The minimum Gasteiger partial charge on any atom is -0.481 e. The summed E-state index contributed by atoms with van der Waals surface area (Å²) in [6, 6.07) is 14.1. The number of nitrogens with one attached hydrogen (secondary N) is 2. The molecule has 0 unspecified atom stereocenters. The molecule has 47 heavy (non-hydrogen) atoms. The highest BCUT2D eigenvalue weighted by Crippen LogP contribution is 2.27. The fourth-order valence-electron chi connectivity index (χ4n) is 5.64. The number of hydrogen-bond donors (Lipinski definition) is 3. The van der Waals surface area contributed by atoms with Gasteiger partial charge in [0.25, 0.3) is 11.8 Å². The topological polar surface area (TPSA) is 159 Å². The molecule has 1 heterocycles. The van der Waals surface area contributed by atoms with E-state index in [4.69, 9.17) is 4.42 Å². The number of Topliss-reactive ketones (excluding diaryl/α,β-unsaturated/α-hetero) is 1. The van der Waals surface area contributed by atoms with Gasteiger partial charge in [0.1, 0.15) is 23.4 Å². The maximum absolute atomic E-state index is 14.2. The number of nitrogens with zero attached hydrogens (tertiary/aromatic N) is 2. The quantitative estimate of drug-likeness (QED) is 0.197. The van der Waals surface area contributed by atoms with Crippen molar-refractivity contribution in [1.82, 2.24) is 20.5 Å². The van der Waals surface area contributed by atoms with E-state index in [1.807, 2.05) is 24.3 Å². The first-order valence-corrected chi connectivity index (χ1v) is 15.0. The third-order valence-corrected chi connectivity index (χ3v) is 7.97. The molecule has 0 radical (unpaired) electrons. The first-order chi connectivity index (χ1) is 22.4. The Morgan fingerprint density at radius 3 is 2.21 bits per heavy atom. The van der Waals surface area contributed by atoms with Gasteiger partial charge in [-0.25, -0.2) is 13.8 Å². The number of aliphatic carboxylic acids is 1. The molecule has 0 saturated carbocycles. The van der Waals surface area contributed by atoms with E-state index >= 15 is 0 Å². The van der Waals surface area contributed by atoms with Gasteiger partial charge in [-0.15, -0.1) is 0 Å². The number of oxazole rings is 1. The van der Waals surface area contributed by atoms with E-state index in [2.05, 4.69) is 15.6 Å². The van der Waals surface area contributed by atoms with E-state index in [1.165, 1.54) is 4.90 Å². The number of amides is 3. The zero-order valence-electron chi connectivity index (χ0n) is 25.5. The molecule has 0 saturated heterocycles. The second-order valence-corrected chi connectivity index (χ2v) is 11.7. The molecule has 5 rings (SSSR count). The molecule has 0 spiro atoms. The van der Waals surface area contributed by atoms with Crippen LogP contribution >= 0.6 is 0 Å². The molecule has 0 aliphatic heterocycles. The molecule has 0 fully saturated rings. The predicted octanol–water partition coefficient (Wildman–Crippen LogP) is 3.70. The molecular formula is C34H32F2N4O7. The summed E-state index contributed by atoms with van der Waals surface area (Å²) in [7, 11) is 0. The number of aromatic nitrogens is 1. The van der Waals surface area contributed by atoms with Crippen LogP contribution in [0.4, 0.5) is 8.78 Å². The number of benzene rings is 3. The normalized spacial score (nSPS) is 14.0. The summed E-state index contributed by atoms with van der Waals surface area (Å²) in [6.07, 6.45) is -0.0327. The molecule has 3 aromatic carbocycles. The van der Waals surface area contributed by atoms with E-state index in [1.54, 1.807) is 44.2 Å². The lowest BCUT2D eigenvalue weighted by Gasteiger charge is -2.34. The second-order valence-electron chi connectivity index (χ2n) is 11.7. The lowest BCUT2D eigenvalue weighted by molar-refractivity contribution is -0.141. The summed E-state index contributed by atoms with van der Waals surface area (Å²) in [5.41, 5.74) is 1.51. The van der Waals surface area contributed by atoms with Crippen molar-refractivity contribution in [3.8, 4) is 0 Å². The number of ketones is 1. The Hall–Kier alpha value is -5.46. The molecule has 244 valence electrons. The van der Waals surface area contributed by atoms with Gasteiger partial charge in [-0.1, -0.05) is 56.3 Å². The highest BCUT2D eigenvalue weighted by molar-refractivity contribution is 6.02. The van der Waals surface area contributed by atoms with Crippen LogP contribution in [0.3, 0.4) is 0 Å². The van der Waals surface area contributed by atoms with Crippen LogP contribution in [0.15, 0.2) is 71.1 Å². The fourth-order valence-corrected chi connectivity index (χ4v) is 5.64. The molecule has 0 bridgehead atoms. The van der Waals surface area contributed by atoms with Gasteiger partial charge >= 0.3 is 5.97 Å². The van der Waals surface area contributed by atoms with Gasteiger partial charge < -0.3 is 25.1 Å². The average molecular weight is 647 g/mol. The van der Waals surface area contributed by atoms with Crippen molar-refractivity contribution < 1.29 is 42.3 Å². The number of carboxylic acids is 1.